The largest absolute Gasteiger partial charge is 0.491 e. The SMILES string of the molecule is Cc1cccnc1CN1C(=O)C2(COc3cc4c(cc32)OCCO4)c2c(F)cccc21. The number of aryl methyl sites for hydroxylation is 1. The van der Waals surface area contributed by atoms with Crippen LogP contribution in [0.1, 0.15) is 22.4 Å². The molecule has 0 saturated heterocycles. The Morgan fingerprint density at radius 2 is 1.87 bits per heavy atom. The zero-order valence-corrected chi connectivity index (χ0v) is 16.9. The number of nitrogens with zero attached hydrogens (tertiary/aromatic N) is 2. The molecule has 0 bridgehead atoms. The van der Waals surface area contributed by atoms with Crippen molar-refractivity contribution in [1.82, 2.24) is 4.98 Å². The van der Waals surface area contributed by atoms with E-state index >= 15 is 4.39 Å². The molecule has 2 aromatic carbocycles. The molecular weight excluding hydrogens is 399 g/mol. The van der Waals surface area contributed by atoms with Crippen LogP contribution in [0.4, 0.5) is 10.1 Å². The second-order valence-electron chi connectivity index (χ2n) is 7.98. The van der Waals surface area contributed by atoms with E-state index in [0.717, 1.165) is 11.3 Å². The molecule has 31 heavy (non-hydrogen) atoms. The number of anilines is 1. The molecule has 156 valence electrons. The molecular formula is C24H19FN2O4. The lowest BCUT2D eigenvalue weighted by atomic mass is 9.76. The Bertz CT molecular complexity index is 1240. The maximum atomic E-state index is 15.3. The summed E-state index contributed by atoms with van der Waals surface area (Å²) >= 11 is 0. The summed E-state index contributed by atoms with van der Waals surface area (Å²) in [6, 6.07) is 12.1. The third kappa shape index (κ3) is 2.43. The van der Waals surface area contributed by atoms with Crippen molar-refractivity contribution in [2.45, 2.75) is 18.9 Å². The molecule has 0 saturated carbocycles. The molecule has 1 atom stereocenters. The van der Waals surface area contributed by atoms with E-state index < -0.39 is 11.2 Å². The van der Waals surface area contributed by atoms with Crippen molar-refractivity contribution in [2.24, 2.45) is 0 Å². The second-order valence-corrected chi connectivity index (χ2v) is 7.98. The van der Waals surface area contributed by atoms with Gasteiger partial charge in [-0.05, 0) is 36.8 Å². The van der Waals surface area contributed by atoms with Gasteiger partial charge in [-0.15, -0.1) is 0 Å². The number of ether oxygens (including phenoxy) is 3. The number of benzene rings is 2. The normalized spacial score (nSPS) is 20.6. The number of pyridine rings is 1. The van der Waals surface area contributed by atoms with Crippen LogP contribution in [0.15, 0.2) is 48.7 Å². The van der Waals surface area contributed by atoms with Gasteiger partial charge in [0, 0.05) is 23.4 Å². The number of carbonyl (C=O) groups is 1. The molecule has 0 fully saturated rings. The zero-order chi connectivity index (χ0) is 21.2. The van der Waals surface area contributed by atoms with Gasteiger partial charge >= 0.3 is 0 Å². The summed E-state index contributed by atoms with van der Waals surface area (Å²) in [5, 5.41) is 0. The molecule has 1 aromatic heterocycles. The van der Waals surface area contributed by atoms with Crippen molar-refractivity contribution in [2.75, 3.05) is 24.7 Å². The molecule has 0 N–H and O–H groups in total. The molecule has 1 spiro atoms. The lowest BCUT2D eigenvalue weighted by molar-refractivity contribution is -0.122. The van der Waals surface area contributed by atoms with Crippen molar-refractivity contribution in [3.63, 3.8) is 0 Å². The first-order valence-electron chi connectivity index (χ1n) is 10.2. The maximum absolute atomic E-state index is 15.3. The Labute approximate surface area is 178 Å². The van der Waals surface area contributed by atoms with Gasteiger partial charge in [0.25, 0.3) is 0 Å². The third-order valence-corrected chi connectivity index (χ3v) is 6.29. The summed E-state index contributed by atoms with van der Waals surface area (Å²) in [5.41, 5.74) is 1.95. The van der Waals surface area contributed by atoms with Crippen LogP contribution in [0.25, 0.3) is 0 Å². The Balaban J connectivity index is 1.54. The molecule has 6 nitrogen and oxygen atoms in total. The van der Waals surface area contributed by atoms with Crippen molar-refractivity contribution in [1.29, 1.82) is 0 Å². The molecule has 7 heteroatoms. The van der Waals surface area contributed by atoms with E-state index in [9.17, 15) is 4.79 Å². The molecule has 1 unspecified atom stereocenters. The summed E-state index contributed by atoms with van der Waals surface area (Å²) in [4.78, 5) is 20.0. The number of carbonyl (C=O) groups excluding carboxylic acids is 1. The van der Waals surface area contributed by atoms with Crippen LogP contribution in [0.3, 0.4) is 0 Å². The van der Waals surface area contributed by atoms with E-state index in [0.29, 0.717) is 47.3 Å². The first-order valence-corrected chi connectivity index (χ1v) is 10.2. The van der Waals surface area contributed by atoms with E-state index in [1.165, 1.54) is 6.07 Å². The van der Waals surface area contributed by atoms with Crippen molar-refractivity contribution in [3.05, 3.63) is 76.9 Å². The topological polar surface area (TPSA) is 60.9 Å². The lowest BCUT2D eigenvalue weighted by Gasteiger charge is -2.25. The minimum absolute atomic E-state index is 0.0235. The number of fused-ring (bicyclic) bond motifs is 5. The van der Waals surface area contributed by atoms with Crippen molar-refractivity contribution in [3.8, 4) is 17.2 Å². The molecule has 3 aliphatic rings. The third-order valence-electron chi connectivity index (χ3n) is 6.29. The summed E-state index contributed by atoms with van der Waals surface area (Å²) in [6.07, 6.45) is 1.70. The highest BCUT2D eigenvalue weighted by Gasteiger charge is 2.58. The summed E-state index contributed by atoms with van der Waals surface area (Å²) in [6.45, 7) is 3.09. The number of halogens is 1. The second kappa shape index (κ2) is 6.44. The van der Waals surface area contributed by atoms with Crippen LogP contribution in [0, 0.1) is 12.7 Å². The fraction of sp³-hybridized carbons (Fsp3) is 0.250. The Kier molecular flexibility index (Phi) is 3.78. The van der Waals surface area contributed by atoms with Gasteiger partial charge in [0.1, 0.15) is 36.8 Å². The highest BCUT2D eigenvalue weighted by molar-refractivity contribution is 6.11. The first kappa shape index (κ1) is 18.2. The fourth-order valence-electron chi connectivity index (χ4n) is 4.77. The van der Waals surface area contributed by atoms with Gasteiger partial charge in [-0.25, -0.2) is 4.39 Å². The van der Waals surface area contributed by atoms with Crippen LogP contribution >= 0.6 is 0 Å². The van der Waals surface area contributed by atoms with Crippen molar-refractivity contribution < 1.29 is 23.4 Å². The Hall–Kier alpha value is -3.61. The number of rotatable bonds is 2. The van der Waals surface area contributed by atoms with Crippen LogP contribution < -0.4 is 19.1 Å². The molecule has 3 aliphatic heterocycles. The number of hydrogen-bond acceptors (Lipinski definition) is 5. The van der Waals surface area contributed by atoms with Crippen LogP contribution in [0.5, 0.6) is 17.2 Å². The van der Waals surface area contributed by atoms with E-state index in [2.05, 4.69) is 4.98 Å². The van der Waals surface area contributed by atoms with Gasteiger partial charge in [-0.3, -0.25) is 9.78 Å². The van der Waals surface area contributed by atoms with Crippen LogP contribution in [-0.4, -0.2) is 30.7 Å². The summed E-state index contributed by atoms with van der Waals surface area (Å²) in [7, 11) is 0. The van der Waals surface area contributed by atoms with E-state index in [1.54, 1.807) is 35.4 Å². The highest BCUT2D eigenvalue weighted by Crippen LogP contribution is 2.55. The quantitative estimate of drug-likeness (QED) is 0.637. The van der Waals surface area contributed by atoms with Gasteiger partial charge in [0.15, 0.2) is 11.5 Å². The smallest absolute Gasteiger partial charge is 0.246 e. The molecule has 6 rings (SSSR count). The van der Waals surface area contributed by atoms with E-state index in [4.69, 9.17) is 14.2 Å². The lowest BCUT2D eigenvalue weighted by Crippen LogP contribution is -2.42. The van der Waals surface area contributed by atoms with E-state index in [-0.39, 0.29) is 19.1 Å². The zero-order valence-electron chi connectivity index (χ0n) is 16.9. The van der Waals surface area contributed by atoms with Gasteiger partial charge in [-0.2, -0.15) is 0 Å². The molecule has 0 aliphatic carbocycles. The fourth-order valence-corrected chi connectivity index (χ4v) is 4.77. The summed E-state index contributed by atoms with van der Waals surface area (Å²) < 4.78 is 32.6. The number of amides is 1. The summed E-state index contributed by atoms with van der Waals surface area (Å²) in [5.74, 6) is 0.968. The number of hydrogen-bond donors (Lipinski definition) is 0. The van der Waals surface area contributed by atoms with Gasteiger partial charge in [0.05, 0.1) is 17.9 Å². The average Bonchev–Trinajstić information content (AvgIpc) is 3.26. The average molecular weight is 418 g/mol. The van der Waals surface area contributed by atoms with Crippen LogP contribution in [-0.2, 0) is 16.8 Å². The van der Waals surface area contributed by atoms with Gasteiger partial charge < -0.3 is 19.1 Å². The number of aromatic nitrogens is 1. The van der Waals surface area contributed by atoms with Crippen molar-refractivity contribution >= 4 is 11.6 Å². The first-order chi connectivity index (χ1) is 15.1. The van der Waals surface area contributed by atoms with Gasteiger partial charge in [-0.1, -0.05) is 12.1 Å². The predicted molar refractivity (Wildman–Crippen MR) is 110 cm³/mol. The minimum Gasteiger partial charge on any atom is -0.491 e. The van der Waals surface area contributed by atoms with E-state index in [1.807, 2.05) is 19.1 Å². The Morgan fingerprint density at radius 3 is 2.68 bits per heavy atom. The highest BCUT2D eigenvalue weighted by atomic mass is 19.1. The standard InChI is InChI=1S/C24H19FN2O4/c1-14-4-3-7-26-17(14)12-27-18-6-2-5-16(25)22(18)24(23(27)28)13-31-19-11-21-20(10-15(19)24)29-8-9-30-21/h2-7,10-11H,8-9,12-13H2,1H3. The monoisotopic (exact) mass is 418 g/mol. The van der Waals surface area contributed by atoms with Crippen LogP contribution in [0.2, 0.25) is 0 Å². The maximum Gasteiger partial charge on any atom is 0.246 e. The predicted octanol–water partition coefficient (Wildman–Crippen LogP) is 3.53. The molecule has 1 amide bonds. The van der Waals surface area contributed by atoms with Gasteiger partial charge in [0.2, 0.25) is 5.91 Å². The Morgan fingerprint density at radius 1 is 1.06 bits per heavy atom. The molecule has 0 radical (unpaired) electrons. The molecule has 4 heterocycles. The molecule has 3 aromatic rings. The minimum atomic E-state index is -1.27.